The zero-order chi connectivity index (χ0) is 16.4. The van der Waals surface area contributed by atoms with Crippen LogP contribution in [-0.4, -0.2) is 30.4 Å². The summed E-state index contributed by atoms with van der Waals surface area (Å²) in [5.74, 6) is -0.120. The summed E-state index contributed by atoms with van der Waals surface area (Å²) in [4.78, 5) is 14.4. The maximum Gasteiger partial charge on any atom is 0.253 e. The highest BCUT2D eigenvalue weighted by atomic mass is 79.9. The van der Waals surface area contributed by atoms with Gasteiger partial charge in [-0.05, 0) is 52.2 Å². The van der Waals surface area contributed by atoms with E-state index < -0.39 is 5.82 Å². The van der Waals surface area contributed by atoms with Crippen molar-refractivity contribution in [3.05, 3.63) is 69.9 Å². The summed E-state index contributed by atoms with van der Waals surface area (Å²) in [6.45, 7) is 1.74. The molecule has 6 heteroatoms. The monoisotopic (exact) mass is 412 g/mol. The molecule has 2 atom stereocenters. The number of carbonyl (C=O) groups excluding carboxylic acids is 1. The minimum absolute atomic E-state index is 0. The van der Waals surface area contributed by atoms with Gasteiger partial charge >= 0.3 is 0 Å². The highest BCUT2D eigenvalue weighted by molar-refractivity contribution is 9.10. The summed E-state index contributed by atoms with van der Waals surface area (Å²) in [5.41, 5.74) is 7.47. The molecule has 2 aromatic rings. The van der Waals surface area contributed by atoms with Gasteiger partial charge in [0.05, 0.1) is 4.47 Å². The molecule has 3 rings (SSSR count). The smallest absolute Gasteiger partial charge is 0.253 e. The fraction of sp³-hybridized carbons (Fsp3) is 0.278. The highest BCUT2D eigenvalue weighted by Crippen LogP contribution is 2.33. The molecule has 1 saturated heterocycles. The minimum atomic E-state index is -0.426. The summed E-state index contributed by atoms with van der Waals surface area (Å²) in [7, 11) is 0. The molecule has 3 nitrogen and oxygen atoms in total. The Hall–Kier alpha value is -1.43. The summed E-state index contributed by atoms with van der Waals surface area (Å²) in [5, 5.41) is 0. The number of rotatable bonds is 3. The average molecular weight is 414 g/mol. The first-order valence-corrected chi connectivity index (χ1v) is 8.38. The number of likely N-dealkylation sites (tertiary alicyclic amines) is 1. The van der Waals surface area contributed by atoms with Crippen LogP contribution in [0, 0.1) is 11.7 Å². The lowest BCUT2D eigenvalue weighted by molar-refractivity contribution is 0.0786. The van der Waals surface area contributed by atoms with E-state index in [-0.39, 0.29) is 30.2 Å². The number of nitrogens with zero attached hydrogens (tertiary/aromatic N) is 1. The van der Waals surface area contributed by atoms with Crippen LogP contribution in [0.1, 0.15) is 21.8 Å². The summed E-state index contributed by atoms with van der Waals surface area (Å²) in [6.07, 6.45) is 0. The Labute approximate surface area is 155 Å². The van der Waals surface area contributed by atoms with E-state index in [1.165, 1.54) is 11.6 Å². The van der Waals surface area contributed by atoms with E-state index in [9.17, 15) is 9.18 Å². The van der Waals surface area contributed by atoms with Gasteiger partial charge in [0.15, 0.2) is 0 Å². The van der Waals surface area contributed by atoms with E-state index in [1.807, 2.05) is 18.2 Å². The van der Waals surface area contributed by atoms with Crippen LogP contribution < -0.4 is 5.73 Å². The van der Waals surface area contributed by atoms with Crippen LogP contribution in [0.4, 0.5) is 4.39 Å². The first-order chi connectivity index (χ1) is 11.1. The van der Waals surface area contributed by atoms with Crippen LogP contribution in [0.2, 0.25) is 0 Å². The Morgan fingerprint density at radius 2 is 1.92 bits per heavy atom. The van der Waals surface area contributed by atoms with E-state index in [2.05, 4.69) is 28.1 Å². The second-order valence-corrected chi connectivity index (χ2v) is 6.71. The molecular weight excluding hydrogens is 395 g/mol. The zero-order valence-corrected chi connectivity index (χ0v) is 15.4. The lowest BCUT2D eigenvalue weighted by atomic mass is 9.89. The van der Waals surface area contributed by atoms with E-state index in [0.29, 0.717) is 29.7 Å². The van der Waals surface area contributed by atoms with Gasteiger partial charge in [-0.1, -0.05) is 30.3 Å². The number of amides is 1. The number of carbonyl (C=O) groups is 1. The van der Waals surface area contributed by atoms with Gasteiger partial charge in [-0.15, -0.1) is 12.4 Å². The van der Waals surface area contributed by atoms with Gasteiger partial charge in [-0.2, -0.15) is 0 Å². The van der Waals surface area contributed by atoms with Gasteiger partial charge in [0.2, 0.25) is 0 Å². The molecule has 0 unspecified atom stereocenters. The number of nitrogens with two attached hydrogens (primary N) is 1. The number of halogens is 3. The molecule has 2 aromatic carbocycles. The van der Waals surface area contributed by atoms with Gasteiger partial charge in [0, 0.05) is 24.6 Å². The van der Waals surface area contributed by atoms with Gasteiger partial charge in [0.1, 0.15) is 5.82 Å². The Balaban J connectivity index is 0.00000208. The van der Waals surface area contributed by atoms with Crippen molar-refractivity contribution in [3.8, 4) is 0 Å². The molecule has 0 aromatic heterocycles. The Morgan fingerprint density at radius 1 is 1.21 bits per heavy atom. The molecule has 0 saturated carbocycles. The number of hydrogen-bond acceptors (Lipinski definition) is 2. The van der Waals surface area contributed by atoms with Crippen LogP contribution >= 0.6 is 28.3 Å². The fourth-order valence-corrected chi connectivity index (χ4v) is 3.41. The molecule has 1 aliphatic heterocycles. The third-order valence-corrected chi connectivity index (χ3v) is 5.07. The first kappa shape index (κ1) is 18.9. The fourth-order valence-electron chi connectivity index (χ4n) is 3.17. The van der Waals surface area contributed by atoms with Crippen molar-refractivity contribution >= 4 is 34.2 Å². The predicted molar refractivity (Wildman–Crippen MR) is 99.0 cm³/mol. The topological polar surface area (TPSA) is 46.3 Å². The van der Waals surface area contributed by atoms with Crippen molar-refractivity contribution < 1.29 is 9.18 Å². The van der Waals surface area contributed by atoms with Crippen molar-refractivity contribution in [2.45, 2.75) is 5.92 Å². The second kappa shape index (κ2) is 8.10. The Morgan fingerprint density at radius 3 is 2.54 bits per heavy atom. The standard InChI is InChI=1S/C18H18BrFN2O.ClH/c19-16-7-6-13(8-17(16)20)18(23)22-10-14(9-21)15(11-22)12-4-2-1-3-5-12;/h1-8,14-15H,9-11,21H2;1H/t14-,15+;/m1./s1. The molecular formula is C18H19BrClFN2O. The van der Waals surface area contributed by atoms with E-state index in [0.717, 1.165) is 0 Å². The first-order valence-electron chi connectivity index (χ1n) is 7.59. The molecule has 0 spiro atoms. The third-order valence-electron chi connectivity index (χ3n) is 4.43. The normalized spacial score (nSPS) is 19.9. The molecule has 1 fully saturated rings. The van der Waals surface area contributed by atoms with Crippen LogP contribution in [-0.2, 0) is 0 Å². The van der Waals surface area contributed by atoms with Crippen molar-refractivity contribution in [2.24, 2.45) is 11.7 Å². The van der Waals surface area contributed by atoms with Gasteiger partial charge in [-0.25, -0.2) is 4.39 Å². The molecule has 1 heterocycles. The quantitative estimate of drug-likeness (QED) is 0.831. The molecule has 0 radical (unpaired) electrons. The molecule has 1 aliphatic rings. The van der Waals surface area contributed by atoms with Crippen molar-refractivity contribution in [1.82, 2.24) is 4.90 Å². The minimum Gasteiger partial charge on any atom is -0.338 e. The number of hydrogen-bond donors (Lipinski definition) is 1. The highest BCUT2D eigenvalue weighted by Gasteiger charge is 2.35. The van der Waals surface area contributed by atoms with E-state index >= 15 is 0 Å². The molecule has 0 bridgehead atoms. The Kier molecular flexibility index (Phi) is 6.38. The van der Waals surface area contributed by atoms with Crippen LogP contribution in [0.5, 0.6) is 0 Å². The summed E-state index contributed by atoms with van der Waals surface area (Å²) in [6, 6.07) is 14.6. The Bertz CT molecular complexity index is 713. The predicted octanol–water partition coefficient (Wildman–Crippen LogP) is 3.82. The second-order valence-electron chi connectivity index (χ2n) is 5.85. The van der Waals surface area contributed by atoms with Crippen molar-refractivity contribution in [1.29, 1.82) is 0 Å². The lowest BCUT2D eigenvalue weighted by Crippen LogP contribution is -2.29. The molecule has 1 amide bonds. The van der Waals surface area contributed by atoms with Gasteiger partial charge in [0.25, 0.3) is 5.91 Å². The maximum absolute atomic E-state index is 13.7. The molecule has 128 valence electrons. The van der Waals surface area contributed by atoms with E-state index in [1.54, 1.807) is 17.0 Å². The largest absolute Gasteiger partial charge is 0.338 e. The summed E-state index contributed by atoms with van der Waals surface area (Å²) < 4.78 is 14.0. The maximum atomic E-state index is 13.7. The molecule has 2 N–H and O–H groups in total. The number of benzene rings is 2. The lowest BCUT2D eigenvalue weighted by Gasteiger charge is -2.17. The van der Waals surface area contributed by atoms with Crippen molar-refractivity contribution in [3.63, 3.8) is 0 Å². The van der Waals surface area contributed by atoms with Crippen LogP contribution in [0.3, 0.4) is 0 Å². The summed E-state index contributed by atoms with van der Waals surface area (Å²) >= 11 is 3.11. The SMILES string of the molecule is Cl.NC[C@@H]1CN(C(=O)c2ccc(Br)c(F)c2)C[C@H]1c1ccccc1. The van der Waals surface area contributed by atoms with Gasteiger partial charge < -0.3 is 10.6 Å². The third kappa shape index (κ3) is 3.79. The molecule has 0 aliphatic carbocycles. The van der Waals surface area contributed by atoms with Crippen LogP contribution in [0.15, 0.2) is 53.0 Å². The van der Waals surface area contributed by atoms with E-state index in [4.69, 9.17) is 5.73 Å². The van der Waals surface area contributed by atoms with Crippen LogP contribution in [0.25, 0.3) is 0 Å². The zero-order valence-electron chi connectivity index (χ0n) is 13.0. The van der Waals surface area contributed by atoms with Crippen molar-refractivity contribution in [2.75, 3.05) is 19.6 Å². The average Bonchev–Trinajstić information content (AvgIpc) is 3.02. The van der Waals surface area contributed by atoms with Gasteiger partial charge in [-0.3, -0.25) is 4.79 Å². The molecule has 24 heavy (non-hydrogen) atoms.